The van der Waals surface area contributed by atoms with Gasteiger partial charge < -0.3 is 5.32 Å². The number of rotatable bonds is 3. The molecule has 1 aromatic rings. The van der Waals surface area contributed by atoms with E-state index in [9.17, 15) is 4.79 Å². The maximum Gasteiger partial charge on any atom is 0.167 e. The van der Waals surface area contributed by atoms with Crippen molar-refractivity contribution in [2.24, 2.45) is 16.7 Å². The SMILES string of the molecule is CC12CCC(C(=CNCc3ccccc3Cl)C1=O)C2(C)C. The molecule has 3 heteroatoms. The van der Waals surface area contributed by atoms with E-state index in [1.165, 1.54) is 0 Å². The lowest BCUT2D eigenvalue weighted by molar-refractivity contribution is -0.125. The predicted molar refractivity (Wildman–Crippen MR) is 86.0 cm³/mol. The number of hydrogen-bond donors (Lipinski definition) is 1. The van der Waals surface area contributed by atoms with Gasteiger partial charge in [-0.2, -0.15) is 0 Å². The van der Waals surface area contributed by atoms with Crippen molar-refractivity contribution in [3.8, 4) is 0 Å². The molecule has 1 N–H and O–H groups in total. The average Bonchev–Trinajstić information content (AvgIpc) is 2.75. The summed E-state index contributed by atoms with van der Waals surface area (Å²) in [6, 6.07) is 7.79. The normalized spacial score (nSPS) is 31.9. The van der Waals surface area contributed by atoms with Crippen LogP contribution in [-0.2, 0) is 11.3 Å². The lowest BCUT2D eigenvalue weighted by Crippen LogP contribution is -2.32. The quantitative estimate of drug-likeness (QED) is 0.842. The highest BCUT2D eigenvalue weighted by molar-refractivity contribution is 6.31. The maximum atomic E-state index is 12.7. The van der Waals surface area contributed by atoms with Gasteiger partial charge >= 0.3 is 0 Å². The molecule has 2 nitrogen and oxygen atoms in total. The van der Waals surface area contributed by atoms with Crippen LogP contribution in [0.1, 0.15) is 39.2 Å². The van der Waals surface area contributed by atoms with E-state index in [-0.39, 0.29) is 10.8 Å². The Labute approximate surface area is 131 Å². The third-order valence-corrected chi connectivity index (χ3v) is 6.24. The smallest absolute Gasteiger partial charge is 0.167 e. The largest absolute Gasteiger partial charge is 0.386 e. The number of benzene rings is 1. The van der Waals surface area contributed by atoms with Crippen molar-refractivity contribution in [2.75, 3.05) is 0 Å². The molecular weight excluding hydrogens is 282 g/mol. The number of allylic oxidation sites excluding steroid dienone is 1. The molecule has 1 aromatic carbocycles. The monoisotopic (exact) mass is 303 g/mol. The van der Waals surface area contributed by atoms with Crippen molar-refractivity contribution in [1.82, 2.24) is 5.32 Å². The van der Waals surface area contributed by atoms with Crippen molar-refractivity contribution >= 4 is 17.4 Å². The molecular formula is C18H22ClNO. The fraction of sp³-hybridized carbons (Fsp3) is 0.500. The number of nitrogens with one attached hydrogen (secondary N) is 1. The Bertz CT molecular complexity index is 619. The van der Waals surface area contributed by atoms with Crippen LogP contribution in [0.3, 0.4) is 0 Å². The van der Waals surface area contributed by atoms with E-state index in [4.69, 9.17) is 11.6 Å². The molecule has 21 heavy (non-hydrogen) atoms. The van der Waals surface area contributed by atoms with Gasteiger partial charge in [-0.05, 0) is 35.8 Å². The molecule has 0 spiro atoms. The first kappa shape index (κ1) is 14.6. The summed E-state index contributed by atoms with van der Waals surface area (Å²) >= 11 is 6.15. The van der Waals surface area contributed by atoms with Crippen LogP contribution in [0.5, 0.6) is 0 Å². The molecule has 0 amide bonds. The number of fused-ring (bicyclic) bond motifs is 2. The summed E-state index contributed by atoms with van der Waals surface area (Å²) in [7, 11) is 0. The lowest BCUT2D eigenvalue weighted by Gasteiger charge is -2.31. The van der Waals surface area contributed by atoms with Gasteiger partial charge in [-0.15, -0.1) is 0 Å². The van der Waals surface area contributed by atoms with Crippen LogP contribution in [0, 0.1) is 16.7 Å². The van der Waals surface area contributed by atoms with Crippen LogP contribution in [0.15, 0.2) is 36.0 Å². The highest BCUT2D eigenvalue weighted by Crippen LogP contribution is 2.65. The van der Waals surface area contributed by atoms with Gasteiger partial charge in [-0.1, -0.05) is 50.6 Å². The molecule has 2 unspecified atom stereocenters. The number of ketones is 1. The van der Waals surface area contributed by atoms with Gasteiger partial charge in [0.1, 0.15) is 0 Å². The number of hydrogen-bond acceptors (Lipinski definition) is 2. The zero-order valence-corrected chi connectivity index (χ0v) is 13.6. The molecule has 3 rings (SSSR count). The molecule has 2 atom stereocenters. The maximum absolute atomic E-state index is 12.7. The second kappa shape index (κ2) is 4.88. The molecule has 0 aromatic heterocycles. The van der Waals surface area contributed by atoms with Gasteiger partial charge in [-0.25, -0.2) is 0 Å². The fourth-order valence-corrected chi connectivity index (χ4v) is 4.21. The minimum absolute atomic E-state index is 0.0714. The second-order valence-electron chi connectivity index (χ2n) is 7.05. The van der Waals surface area contributed by atoms with Crippen LogP contribution in [0.4, 0.5) is 0 Å². The van der Waals surface area contributed by atoms with Crippen molar-refractivity contribution in [1.29, 1.82) is 0 Å². The predicted octanol–water partition coefficient (Wildman–Crippen LogP) is 4.34. The Kier molecular flexibility index (Phi) is 3.40. The number of carbonyl (C=O) groups excluding carboxylic acids is 1. The van der Waals surface area contributed by atoms with Crippen LogP contribution in [0.25, 0.3) is 0 Å². The molecule has 2 aliphatic carbocycles. The fourth-order valence-electron chi connectivity index (χ4n) is 4.01. The molecule has 0 heterocycles. The highest BCUT2D eigenvalue weighted by atomic mass is 35.5. The van der Waals surface area contributed by atoms with Gasteiger partial charge in [0.25, 0.3) is 0 Å². The second-order valence-corrected chi connectivity index (χ2v) is 7.45. The Hall–Kier alpha value is -1.28. The Morgan fingerprint density at radius 1 is 1.33 bits per heavy atom. The Morgan fingerprint density at radius 2 is 2.05 bits per heavy atom. The van der Waals surface area contributed by atoms with Gasteiger partial charge in [0.05, 0.1) is 0 Å². The minimum Gasteiger partial charge on any atom is -0.386 e. The highest BCUT2D eigenvalue weighted by Gasteiger charge is 2.63. The Morgan fingerprint density at radius 3 is 2.67 bits per heavy atom. The van der Waals surface area contributed by atoms with E-state index in [1.807, 2.05) is 30.5 Å². The summed E-state index contributed by atoms with van der Waals surface area (Å²) in [5.74, 6) is 0.712. The van der Waals surface area contributed by atoms with Crippen molar-refractivity contribution in [3.05, 3.63) is 46.6 Å². The van der Waals surface area contributed by atoms with E-state index < -0.39 is 0 Å². The lowest BCUT2D eigenvalue weighted by atomic mass is 9.70. The summed E-state index contributed by atoms with van der Waals surface area (Å²) < 4.78 is 0. The number of halogens is 1. The molecule has 0 saturated heterocycles. The summed E-state index contributed by atoms with van der Waals surface area (Å²) in [5.41, 5.74) is 1.91. The molecule has 0 radical (unpaired) electrons. The van der Waals surface area contributed by atoms with E-state index in [0.29, 0.717) is 18.2 Å². The van der Waals surface area contributed by atoms with Crippen LogP contribution in [0.2, 0.25) is 5.02 Å². The van der Waals surface area contributed by atoms with E-state index in [1.54, 1.807) is 0 Å². The first-order chi connectivity index (χ1) is 9.88. The molecule has 2 fully saturated rings. The van der Waals surface area contributed by atoms with Crippen LogP contribution < -0.4 is 5.32 Å². The van der Waals surface area contributed by atoms with Crippen LogP contribution >= 0.6 is 11.6 Å². The number of Topliss-reactive ketones (excluding diaryl/α,β-unsaturated/α-hetero) is 1. The Balaban J connectivity index is 1.77. The summed E-state index contributed by atoms with van der Waals surface area (Å²) in [5, 5.41) is 4.05. The van der Waals surface area contributed by atoms with Crippen molar-refractivity contribution < 1.29 is 4.79 Å². The first-order valence-electron chi connectivity index (χ1n) is 7.59. The van der Waals surface area contributed by atoms with E-state index in [0.717, 1.165) is 29.0 Å². The zero-order chi connectivity index (χ0) is 15.3. The number of carbonyl (C=O) groups is 1. The van der Waals surface area contributed by atoms with Crippen LogP contribution in [-0.4, -0.2) is 5.78 Å². The third-order valence-electron chi connectivity index (χ3n) is 5.87. The summed E-state index contributed by atoms with van der Waals surface area (Å²) in [6.07, 6.45) is 4.07. The minimum atomic E-state index is -0.185. The summed E-state index contributed by atoms with van der Waals surface area (Å²) in [6.45, 7) is 7.25. The average molecular weight is 304 g/mol. The molecule has 2 saturated carbocycles. The first-order valence-corrected chi connectivity index (χ1v) is 7.97. The summed E-state index contributed by atoms with van der Waals surface area (Å²) in [4.78, 5) is 12.7. The molecule has 2 aliphatic rings. The van der Waals surface area contributed by atoms with Gasteiger partial charge in [0.2, 0.25) is 0 Å². The van der Waals surface area contributed by atoms with Gasteiger partial charge in [0.15, 0.2) is 5.78 Å². The topological polar surface area (TPSA) is 29.1 Å². The van der Waals surface area contributed by atoms with E-state index in [2.05, 4.69) is 26.1 Å². The van der Waals surface area contributed by atoms with E-state index >= 15 is 0 Å². The van der Waals surface area contributed by atoms with Crippen molar-refractivity contribution in [3.63, 3.8) is 0 Å². The third kappa shape index (κ3) is 2.03. The molecule has 112 valence electrons. The molecule has 0 aliphatic heterocycles. The van der Waals surface area contributed by atoms with Gasteiger partial charge in [0, 0.05) is 28.8 Å². The zero-order valence-electron chi connectivity index (χ0n) is 12.9. The van der Waals surface area contributed by atoms with Crippen molar-refractivity contribution in [2.45, 2.75) is 40.2 Å². The standard InChI is InChI=1S/C18H22ClNO/c1-17(2)14-8-9-18(17,3)16(21)13(14)11-20-10-12-6-4-5-7-15(12)19/h4-7,11,14,20H,8-10H2,1-3H3. The molecule has 2 bridgehead atoms. The van der Waals surface area contributed by atoms with Gasteiger partial charge in [-0.3, -0.25) is 4.79 Å².